The Balaban J connectivity index is 1.57. The molecule has 170 valence electrons. The lowest BCUT2D eigenvalue weighted by Gasteiger charge is -2.16. The molecule has 1 aliphatic heterocycles. The third-order valence-corrected chi connectivity index (χ3v) is 4.99. The predicted octanol–water partition coefficient (Wildman–Crippen LogP) is 2.55. The van der Waals surface area contributed by atoms with Crippen LogP contribution < -0.4 is 11.2 Å². The molecule has 0 spiro atoms. The molecule has 32 heavy (non-hydrogen) atoms. The summed E-state index contributed by atoms with van der Waals surface area (Å²) in [5.74, 6) is 5.15. The van der Waals surface area contributed by atoms with Crippen LogP contribution in [0.4, 0.5) is 0 Å². The van der Waals surface area contributed by atoms with Crippen molar-refractivity contribution in [2.45, 2.75) is 51.9 Å². The van der Waals surface area contributed by atoms with Crippen molar-refractivity contribution in [3.8, 4) is 11.8 Å². The molecular formula is C24H28N2O6. The first kappa shape index (κ1) is 23.5. The van der Waals surface area contributed by atoms with Gasteiger partial charge in [-0.1, -0.05) is 36.5 Å². The number of aromatic nitrogens is 2. The molecule has 1 fully saturated rings. The maximum absolute atomic E-state index is 12.2. The number of hydrogen-bond donors (Lipinski definition) is 1. The summed E-state index contributed by atoms with van der Waals surface area (Å²) in [5.41, 5.74) is 0.594. The highest BCUT2D eigenvalue weighted by atomic mass is 16.6. The second-order valence-electron chi connectivity index (χ2n) is 7.63. The summed E-state index contributed by atoms with van der Waals surface area (Å²) in [6.07, 6.45) is 3.48. The van der Waals surface area contributed by atoms with E-state index < -0.39 is 23.4 Å². The number of benzene rings is 1. The fraction of sp³-hybridized carbons (Fsp3) is 0.458. The number of aryl methyl sites for hydroxylation is 1. The predicted molar refractivity (Wildman–Crippen MR) is 119 cm³/mol. The number of hydrogen-bond acceptors (Lipinski definition) is 6. The van der Waals surface area contributed by atoms with Crippen LogP contribution in [0.15, 0.2) is 40.1 Å². The van der Waals surface area contributed by atoms with E-state index in [1.807, 2.05) is 26.0 Å². The van der Waals surface area contributed by atoms with Gasteiger partial charge in [-0.2, -0.15) is 0 Å². The van der Waals surface area contributed by atoms with Crippen molar-refractivity contribution in [1.29, 1.82) is 0 Å². The van der Waals surface area contributed by atoms with Crippen molar-refractivity contribution in [1.82, 2.24) is 9.55 Å². The second kappa shape index (κ2) is 11.5. The van der Waals surface area contributed by atoms with Gasteiger partial charge in [0.1, 0.15) is 18.4 Å². The molecule has 0 aliphatic carbocycles. The molecule has 2 unspecified atom stereocenters. The molecule has 2 atom stereocenters. The summed E-state index contributed by atoms with van der Waals surface area (Å²) < 4.78 is 18.0. The average molecular weight is 440 g/mol. The number of ether oxygens (including phenoxy) is 3. The van der Waals surface area contributed by atoms with Gasteiger partial charge in [0.2, 0.25) is 0 Å². The number of H-pyrrole nitrogens is 1. The van der Waals surface area contributed by atoms with Crippen molar-refractivity contribution in [2.75, 3.05) is 19.8 Å². The maximum Gasteiger partial charge on any atom is 0.338 e. The third kappa shape index (κ3) is 6.42. The van der Waals surface area contributed by atoms with Crippen molar-refractivity contribution >= 4 is 5.97 Å². The molecule has 0 amide bonds. The van der Waals surface area contributed by atoms with E-state index in [1.54, 1.807) is 12.1 Å². The summed E-state index contributed by atoms with van der Waals surface area (Å²) in [4.78, 5) is 38.6. The number of carbonyl (C=O) groups excluding carboxylic acids is 1. The fourth-order valence-corrected chi connectivity index (χ4v) is 3.29. The lowest BCUT2D eigenvalue weighted by Crippen LogP contribution is -2.33. The number of carbonyl (C=O) groups is 1. The molecule has 2 heterocycles. The minimum Gasteiger partial charge on any atom is -0.461 e. The first-order valence-electron chi connectivity index (χ1n) is 10.8. The van der Waals surface area contributed by atoms with E-state index in [4.69, 9.17) is 14.2 Å². The Bertz CT molecular complexity index is 1090. The molecule has 1 aromatic carbocycles. The Labute approximate surface area is 186 Å². The quantitative estimate of drug-likeness (QED) is 0.385. The highest BCUT2D eigenvalue weighted by Crippen LogP contribution is 2.27. The van der Waals surface area contributed by atoms with Crippen molar-refractivity contribution in [3.63, 3.8) is 0 Å². The minimum absolute atomic E-state index is 0.0804. The molecule has 0 radical (unpaired) electrons. The van der Waals surface area contributed by atoms with Gasteiger partial charge < -0.3 is 14.2 Å². The van der Waals surface area contributed by atoms with E-state index in [9.17, 15) is 14.4 Å². The van der Waals surface area contributed by atoms with Crippen LogP contribution in [0.25, 0.3) is 0 Å². The van der Waals surface area contributed by atoms with Gasteiger partial charge in [0.15, 0.2) is 0 Å². The summed E-state index contributed by atoms with van der Waals surface area (Å²) in [5, 5.41) is 0. The number of aromatic amines is 1. The van der Waals surface area contributed by atoms with Crippen molar-refractivity contribution < 1.29 is 19.0 Å². The van der Waals surface area contributed by atoms with Gasteiger partial charge in [0, 0.05) is 19.2 Å². The summed E-state index contributed by atoms with van der Waals surface area (Å²) in [6, 6.07) is 7.09. The van der Waals surface area contributed by atoms with Gasteiger partial charge >= 0.3 is 11.7 Å². The van der Waals surface area contributed by atoms with Gasteiger partial charge in [-0.3, -0.25) is 14.3 Å². The van der Waals surface area contributed by atoms with E-state index in [2.05, 4.69) is 16.8 Å². The number of rotatable bonds is 8. The summed E-state index contributed by atoms with van der Waals surface area (Å²) in [6.45, 7) is 5.23. The van der Waals surface area contributed by atoms with Crippen molar-refractivity contribution in [3.05, 3.63) is 68.0 Å². The van der Waals surface area contributed by atoms with E-state index in [0.717, 1.165) is 18.4 Å². The number of nitrogens with zero attached hydrogens (tertiary/aromatic N) is 1. The fourth-order valence-electron chi connectivity index (χ4n) is 3.29. The van der Waals surface area contributed by atoms with Crippen LogP contribution in [0.1, 0.15) is 60.3 Å². The SMILES string of the molecule is CCCOCC1CCC(n2cc(C#CCCOC(=O)c3ccc(C)cc3)c(=O)[nH]c2=O)O1. The summed E-state index contributed by atoms with van der Waals surface area (Å²) >= 11 is 0. The van der Waals surface area contributed by atoms with Crippen LogP contribution in [-0.2, 0) is 14.2 Å². The van der Waals surface area contributed by atoms with Crippen LogP contribution in [-0.4, -0.2) is 41.4 Å². The van der Waals surface area contributed by atoms with Gasteiger partial charge in [-0.15, -0.1) is 0 Å². The first-order valence-corrected chi connectivity index (χ1v) is 10.8. The first-order chi connectivity index (χ1) is 15.5. The van der Waals surface area contributed by atoms with Crippen LogP contribution in [0.2, 0.25) is 0 Å². The Morgan fingerprint density at radius 3 is 2.75 bits per heavy atom. The average Bonchev–Trinajstić information content (AvgIpc) is 3.24. The van der Waals surface area contributed by atoms with Crippen LogP contribution >= 0.6 is 0 Å². The highest BCUT2D eigenvalue weighted by molar-refractivity contribution is 5.89. The lowest BCUT2D eigenvalue weighted by atomic mass is 10.1. The van der Waals surface area contributed by atoms with E-state index in [1.165, 1.54) is 10.8 Å². The molecule has 1 N–H and O–H groups in total. The Kier molecular flexibility index (Phi) is 8.42. The second-order valence-corrected chi connectivity index (χ2v) is 7.63. The number of nitrogens with one attached hydrogen (secondary N) is 1. The molecule has 1 saturated heterocycles. The van der Waals surface area contributed by atoms with Gasteiger partial charge in [-0.05, 0) is 38.3 Å². The maximum atomic E-state index is 12.2. The molecule has 1 aliphatic rings. The van der Waals surface area contributed by atoms with Crippen LogP contribution in [0.5, 0.6) is 0 Å². The third-order valence-electron chi connectivity index (χ3n) is 4.99. The van der Waals surface area contributed by atoms with Crippen LogP contribution in [0.3, 0.4) is 0 Å². The van der Waals surface area contributed by atoms with Gasteiger partial charge in [0.05, 0.1) is 18.3 Å². The van der Waals surface area contributed by atoms with E-state index >= 15 is 0 Å². The zero-order valence-corrected chi connectivity index (χ0v) is 18.4. The highest BCUT2D eigenvalue weighted by Gasteiger charge is 2.27. The van der Waals surface area contributed by atoms with Crippen LogP contribution in [0, 0.1) is 18.8 Å². The Hall–Kier alpha value is -3.15. The topological polar surface area (TPSA) is 99.6 Å². The smallest absolute Gasteiger partial charge is 0.338 e. The van der Waals surface area contributed by atoms with Gasteiger partial charge in [-0.25, -0.2) is 9.59 Å². The lowest BCUT2D eigenvalue weighted by molar-refractivity contribution is -0.0427. The molecule has 3 rings (SSSR count). The molecule has 1 aromatic heterocycles. The Morgan fingerprint density at radius 1 is 1.22 bits per heavy atom. The summed E-state index contributed by atoms with van der Waals surface area (Å²) in [7, 11) is 0. The molecular weight excluding hydrogens is 412 g/mol. The molecule has 0 bridgehead atoms. The van der Waals surface area contributed by atoms with E-state index in [-0.39, 0.29) is 24.7 Å². The van der Waals surface area contributed by atoms with Crippen molar-refractivity contribution in [2.24, 2.45) is 0 Å². The largest absolute Gasteiger partial charge is 0.461 e. The molecule has 8 nitrogen and oxygen atoms in total. The normalized spacial score (nSPS) is 17.6. The standard InChI is InChI=1S/C24H28N2O6/c1-3-13-30-16-20-11-12-21(32-20)26-15-19(22(27)25-24(26)29)6-4-5-14-31-23(28)18-9-7-17(2)8-10-18/h7-10,15,20-21H,3,5,11-14,16H2,1-2H3,(H,25,27,29). The van der Waals surface area contributed by atoms with Gasteiger partial charge in [0.25, 0.3) is 5.56 Å². The minimum atomic E-state index is -0.559. The Morgan fingerprint density at radius 2 is 2.00 bits per heavy atom. The monoisotopic (exact) mass is 440 g/mol. The zero-order valence-electron chi connectivity index (χ0n) is 18.4. The molecule has 2 aromatic rings. The molecule has 8 heteroatoms. The zero-order chi connectivity index (χ0) is 22.9. The van der Waals surface area contributed by atoms with E-state index in [0.29, 0.717) is 25.2 Å². The molecule has 0 saturated carbocycles. The number of esters is 1.